The smallest absolute Gasteiger partial charge is 0.407 e. The van der Waals surface area contributed by atoms with Crippen LogP contribution in [0.15, 0.2) is 47.6 Å². The van der Waals surface area contributed by atoms with Gasteiger partial charge in [-0.1, -0.05) is 71.1 Å². The summed E-state index contributed by atoms with van der Waals surface area (Å²) >= 11 is 0. The summed E-state index contributed by atoms with van der Waals surface area (Å²) in [6.07, 6.45) is 11.2. The summed E-state index contributed by atoms with van der Waals surface area (Å²) < 4.78 is 35.5. The van der Waals surface area contributed by atoms with E-state index in [1.165, 1.54) is 12.0 Å². The summed E-state index contributed by atoms with van der Waals surface area (Å²) in [5, 5.41) is 35.3. The fourth-order valence-electron chi connectivity index (χ4n) is 10.8. The highest BCUT2D eigenvalue weighted by molar-refractivity contribution is 6.39. The van der Waals surface area contributed by atoms with Gasteiger partial charge in [-0.2, -0.15) is 0 Å². The molecule has 73 heavy (non-hydrogen) atoms. The molecule has 2 amide bonds. The molecule has 1 aliphatic carbocycles. The number of cyclic esters (lactones) is 1. The first-order valence-electron chi connectivity index (χ1n) is 26.7. The van der Waals surface area contributed by atoms with E-state index in [9.17, 15) is 39.0 Å². The number of hydrogen-bond acceptors (Lipinski definition) is 15. The number of Topliss-reactive ketones (excluding diaryl/α,β-unsaturated/α-hetero) is 3. The number of carbonyl (C=O) groups excluding carboxylic acids is 6. The molecule has 15 atom stereocenters. The number of ketones is 3. The fourth-order valence-corrected chi connectivity index (χ4v) is 10.8. The Kier molecular flexibility index (Phi) is 25.1. The summed E-state index contributed by atoms with van der Waals surface area (Å²) in [5.74, 6) is -8.36. The van der Waals surface area contributed by atoms with Gasteiger partial charge in [-0.25, -0.2) is 9.59 Å². The Hall–Kier alpha value is -4.10. The van der Waals surface area contributed by atoms with Gasteiger partial charge in [0, 0.05) is 71.6 Å². The Morgan fingerprint density at radius 2 is 1.62 bits per heavy atom. The minimum atomic E-state index is -2.46. The molecule has 0 aromatic heterocycles. The summed E-state index contributed by atoms with van der Waals surface area (Å²) in [7, 11) is 4.50. The zero-order chi connectivity index (χ0) is 54.0. The number of piperidine rings is 1. The van der Waals surface area contributed by atoms with Crippen molar-refractivity contribution in [2.45, 2.75) is 193 Å². The number of amides is 2. The van der Waals surface area contributed by atoms with Crippen LogP contribution in [0.25, 0.3) is 0 Å². The number of hydrogen-bond donors (Lipinski definition) is 4. The highest BCUT2D eigenvalue weighted by Crippen LogP contribution is 2.38. The second-order valence-electron chi connectivity index (χ2n) is 21.3. The van der Waals surface area contributed by atoms with Gasteiger partial charge in [0.1, 0.15) is 36.2 Å². The van der Waals surface area contributed by atoms with Crippen molar-refractivity contribution in [3.63, 3.8) is 0 Å². The van der Waals surface area contributed by atoms with Crippen molar-refractivity contribution in [3.05, 3.63) is 47.6 Å². The third kappa shape index (κ3) is 17.5. The molecule has 0 aromatic carbocycles. The third-order valence-corrected chi connectivity index (χ3v) is 15.6. The number of methoxy groups -OCH3 is 3. The minimum Gasteiger partial charge on any atom is -0.460 e. The van der Waals surface area contributed by atoms with E-state index in [1.54, 1.807) is 48.0 Å². The second-order valence-corrected chi connectivity index (χ2v) is 21.3. The monoisotopic (exact) mass is 1030 g/mol. The van der Waals surface area contributed by atoms with Gasteiger partial charge in [-0.15, -0.1) is 0 Å². The van der Waals surface area contributed by atoms with Gasteiger partial charge < -0.3 is 54.0 Å². The molecule has 4 N–H and O–H groups in total. The second kappa shape index (κ2) is 29.8. The number of carbonyl (C=O) groups is 6. The van der Waals surface area contributed by atoms with Crippen LogP contribution in [-0.2, 0) is 52.4 Å². The molecule has 1 unspecified atom stereocenters. The minimum absolute atomic E-state index is 0.00179. The van der Waals surface area contributed by atoms with Crippen LogP contribution in [-0.4, -0.2) is 151 Å². The molecular weight excluding hydrogens is 941 g/mol. The van der Waals surface area contributed by atoms with Crippen LogP contribution >= 0.6 is 0 Å². The largest absolute Gasteiger partial charge is 0.460 e. The Morgan fingerprint density at radius 1 is 0.877 bits per heavy atom. The zero-order valence-electron chi connectivity index (χ0n) is 45.3. The van der Waals surface area contributed by atoms with Gasteiger partial charge >= 0.3 is 12.1 Å². The number of allylic oxidation sites excluding steroid dienone is 6. The predicted octanol–water partition coefficient (Wildman–Crippen LogP) is 6.69. The van der Waals surface area contributed by atoms with Crippen molar-refractivity contribution in [3.8, 4) is 0 Å². The van der Waals surface area contributed by atoms with Crippen LogP contribution in [0.1, 0.15) is 138 Å². The Bertz CT molecular complexity index is 1970. The number of rotatable bonds is 11. The topological polar surface area (TPSA) is 234 Å². The number of nitrogens with zero attached hydrogens (tertiary/aromatic N) is 1. The molecule has 2 bridgehead atoms. The number of aliphatic hydroxyl groups excluding tert-OH is 2. The maximum absolute atomic E-state index is 14.5. The molecular formula is C56H88N2O15. The van der Waals surface area contributed by atoms with Crippen molar-refractivity contribution in [1.29, 1.82) is 0 Å². The predicted molar refractivity (Wildman–Crippen MR) is 274 cm³/mol. The number of unbranched alkanes of at least 4 members (excludes halogenated alkanes) is 1. The first-order chi connectivity index (χ1) is 34.7. The lowest BCUT2D eigenvalue weighted by Crippen LogP contribution is -2.61. The third-order valence-electron chi connectivity index (χ3n) is 15.6. The van der Waals surface area contributed by atoms with Gasteiger partial charge in [0.25, 0.3) is 11.7 Å². The van der Waals surface area contributed by atoms with Crippen LogP contribution in [0.2, 0.25) is 0 Å². The Balaban J connectivity index is 1.67. The van der Waals surface area contributed by atoms with E-state index in [-0.39, 0.29) is 49.4 Å². The SMILES string of the molecule is CO[C@H]1C[C@@H]2CC[C@@H](C)[C@@](O)(O2)C(=O)C(=O)N2CCCC[C@H]2C(=O)O[C@H]([C@H](C)CC2CC[C@H](OC(=O)NCCCCO)[C@@H](OC)C2)CC(=O)[C@H](C)/C=C(\C)[C@@H](O)[C@@H](OC)C(=O)[C@H](C)C[C@H](C)/C=C/C=C/C=C/1C. The summed E-state index contributed by atoms with van der Waals surface area (Å²) in [4.78, 5) is 85.0. The maximum atomic E-state index is 14.5. The standard InChI is InChI=1S/C56H88N2O15/c1-34-18-12-11-13-19-35(2)46(68-8)32-42-23-21-40(7)56(67,73-42)52(63)53(64)58-26-16-14-20-43(58)54(65)71-47(33-44(60)36(3)29-39(6)50(62)51(70-10)49(61)38(5)28-34)37(4)30-41-22-24-45(48(31-41)69-9)72-55(66)57-25-15-17-27-59/h11-13,18-19,29,34,36-38,40-43,45-48,50-51,59,62,67H,14-17,20-28,30-33H2,1-10H3,(H,57,66)/b13-11+,18-12+,35-19+,39-29+/t34-,36-,37-,38-,40-,41?,42+,43+,45+,46+,47+,48+,50-,51+,56-/m1/s1. The van der Waals surface area contributed by atoms with Gasteiger partial charge in [0.15, 0.2) is 5.78 Å². The highest BCUT2D eigenvalue weighted by Gasteiger charge is 2.53. The average molecular weight is 1030 g/mol. The number of fused-ring (bicyclic) bond motifs is 3. The molecule has 0 aromatic rings. The number of esters is 1. The van der Waals surface area contributed by atoms with Gasteiger partial charge in [-0.3, -0.25) is 19.2 Å². The molecule has 17 heteroatoms. The average Bonchev–Trinajstić information content (AvgIpc) is 3.37. The van der Waals surface area contributed by atoms with Crippen LogP contribution in [0, 0.1) is 35.5 Å². The molecule has 0 radical (unpaired) electrons. The molecule has 4 aliphatic rings. The molecule has 1 saturated carbocycles. The van der Waals surface area contributed by atoms with Crippen LogP contribution in [0.3, 0.4) is 0 Å². The number of alkyl carbamates (subject to hydrolysis) is 1. The van der Waals surface area contributed by atoms with Crippen LogP contribution in [0.4, 0.5) is 4.79 Å². The summed E-state index contributed by atoms with van der Waals surface area (Å²) in [6, 6.07) is -1.18. The molecule has 3 heterocycles. The Morgan fingerprint density at radius 3 is 2.30 bits per heavy atom. The molecule has 0 spiro atoms. The van der Waals surface area contributed by atoms with Crippen LogP contribution < -0.4 is 5.32 Å². The van der Waals surface area contributed by atoms with E-state index in [0.717, 1.165) is 5.57 Å². The van der Waals surface area contributed by atoms with Crippen molar-refractivity contribution in [1.82, 2.24) is 10.2 Å². The van der Waals surface area contributed by atoms with Crippen molar-refractivity contribution in [2.24, 2.45) is 35.5 Å². The first kappa shape index (κ1) is 61.4. The molecule has 4 rings (SSSR count). The first-order valence-corrected chi connectivity index (χ1v) is 26.7. The van der Waals surface area contributed by atoms with Gasteiger partial charge in [0.05, 0.1) is 18.3 Å². The number of ether oxygens (including phenoxy) is 6. The zero-order valence-corrected chi connectivity index (χ0v) is 45.3. The lowest BCUT2D eigenvalue weighted by molar-refractivity contribution is -0.265. The summed E-state index contributed by atoms with van der Waals surface area (Å²) in [5.41, 5.74) is 1.23. The van der Waals surface area contributed by atoms with Gasteiger partial charge in [-0.05, 0) is 120 Å². The number of aliphatic hydroxyl groups is 3. The lowest BCUT2D eigenvalue weighted by atomic mass is 9.78. The van der Waals surface area contributed by atoms with Gasteiger partial charge in [0.2, 0.25) is 5.79 Å². The molecule has 2 saturated heterocycles. The normalized spacial score (nSPS) is 37.1. The van der Waals surface area contributed by atoms with E-state index >= 15 is 0 Å². The van der Waals surface area contributed by atoms with E-state index in [1.807, 2.05) is 51.2 Å². The van der Waals surface area contributed by atoms with Crippen LogP contribution in [0.5, 0.6) is 0 Å². The van der Waals surface area contributed by atoms with Crippen molar-refractivity contribution >= 4 is 35.3 Å². The summed E-state index contributed by atoms with van der Waals surface area (Å²) in [6.45, 7) is 13.0. The molecule has 17 nitrogen and oxygen atoms in total. The van der Waals surface area contributed by atoms with E-state index in [2.05, 4.69) is 5.32 Å². The molecule has 3 aliphatic heterocycles. The number of nitrogens with one attached hydrogen (secondary N) is 1. The highest BCUT2D eigenvalue weighted by atomic mass is 16.6. The van der Waals surface area contributed by atoms with Crippen molar-refractivity contribution < 1.29 is 72.5 Å². The van der Waals surface area contributed by atoms with E-state index in [0.29, 0.717) is 89.2 Å². The quantitative estimate of drug-likeness (QED) is 0.0731. The van der Waals surface area contributed by atoms with E-state index < -0.39 is 102 Å². The fraction of sp³-hybridized carbons (Fsp3) is 0.750. The van der Waals surface area contributed by atoms with Crippen molar-refractivity contribution in [2.75, 3.05) is 41.0 Å². The Labute approximate surface area is 433 Å². The van der Waals surface area contributed by atoms with E-state index in [4.69, 9.17) is 33.5 Å². The molecule has 3 fully saturated rings. The maximum Gasteiger partial charge on any atom is 0.407 e. The molecule has 412 valence electrons. The lowest BCUT2D eigenvalue weighted by Gasteiger charge is -2.42.